The maximum absolute atomic E-state index is 12.9. The van der Waals surface area contributed by atoms with Crippen molar-refractivity contribution < 1.29 is 4.79 Å². The van der Waals surface area contributed by atoms with E-state index in [0.29, 0.717) is 18.8 Å². The minimum atomic E-state index is -0.167. The van der Waals surface area contributed by atoms with Crippen LogP contribution in [0.2, 0.25) is 0 Å². The molecule has 27 heavy (non-hydrogen) atoms. The number of fused-ring (bicyclic) bond motifs is 1. The number of benzene rings is 1. The first-order valence-electron chi connectivity index (χ1n) is 9.38. The topological polar surface area (TPSA) is 68.1 Å². The summed E-state index contributed by atoms with van der Waals surface area (Å²) >= 11 is 1.71. The van der Waals surface area contributed by atoms with Crippen molar-refractivity contribution in [3.8, 4) is 0 Å². The Morgan fingerprint density at radius 1 is 1.26 bits per heavy atom. The molecule has 0 saturated carbocycles. The highest BCUT2D eigenvalue weighted by atomic mass is 32.1. The first kappa shape index (κ1) is 17.9. The van der Waals surface area contributed by atoms with E-state index in [-0.39, 0.29) is 17.4 Å². The molecular formula is C20H22N4O2S. The average molecular weight is 382 g/mol. The molecule has 1 amide bonds. The standard InChI is InChI=1S/C20H22N4O2S/c1-2-11-24-18(25)10-9-16(22-24)20(26)23-12-5-6-14(13-23)19-21-15-7-3-4-8-17(15)27-19/h3-4,7-10,14H,2,5-6,11-13H2,1H3. The Kier molecular flexibility index (Phi) is 5.03. The van der Waals surface area contributed by atoms with Gasteiger partial charge in [-0.15, -0.1) is 11.3 Å². The van der Waals surface area contributed by atoms with Crippen LogP contribution in [-0.4, -0.2) is 38.7 Å². The highest BCUT2D eigenvalue weighted by Gasteiger charge is 2.28. The van der Waals surface area contributed by atoms with E-state index in [0.717, 1.165) is 36.3 Å². The number of carbonyl (C=O) groups is 1. The van der Waals surface area contributed by atoms with Gasteiger partial charge in [-0.2, -0.15) is 5.10 Å². The number of rotatable bonds is 4. The Morgan fingerprint density at radius 2 is 2.11 bits per heavy atom. The zero-order valence-corrected chi connectivity index (χ0v) is 16.1. The van der Waals surface area contributed by atoms with E-state index in [4.69, 9.17) is 4.98 Å². The third kappa shape index (κ3) is 3.64. The summed E-state index contributed by atoms with van der Waals surface area (Å²) in [6.07, 6.45) is 2.78. The first-order chi connectivity index (χ1) is 13.2. The van der Waals surface area contributed by atoms with E-state index >= 15 is 0 Å². The minimum absolute atomic E-state index is 0.106. The molecular weight excluding hydrogens is 360 g/mol. The van der Waals surface area contributed by atoms with E-state index in [1.54, 1.807) is 11.3 Å². The van der Waals surface area contributed by atoms with Crippen molar-refractivity contribution in [2.24, 2.45) is 0 Å². The summed E-state index contributed by atoms with van der Waals surface area (Å²) in [7, 11) is 0. The van der Waals surface area contributed by atoms with Crippen LogP contribution in [0.1, 0.15) is 47.6 Å². The number of likely N-dealkylation sites (tertiary alicyclic amines) is 1. The third-order valence-electron chi connectivity index (χ3n) is 4.89. The molecule has 1 aliphatic heterocycles. The average Bonchev–Trinajstić information content (AvgIpc) is 3.14. The fourth-order valence-corrected chi connectivity index (χ4v) is 4.62. The summed E-state index contributed by atoms with van der Waals surface area (Å²) in [4.78, 5) is 31.4. The predicted molar refractivity (Wildman–Crippen MR) is 106 cm³/mol. The molecule has 0 spiro atoms. The first-order valence-corrected chi connectivity index (χ1v) is 10.2. The normalized spacial score (nSPS) is 17.4. The maximum atomic E-state index is 12.9. The molecule has 4 rings (SSSR count). The van der Waals surface area contributed by atoms with Gasteiger partial charge in [0, 0.05) is 31.6 Å². The molecule has 3 aromatic rings. The Balaban J connectivity index is 1.54. The van der Waals surface area contributed by atoms with Gasteiger partial charge in [0.25, 0.3) is 11.5 Å². The second kappa shape index (κ2) is 7.60. The summed E-state index contributed by atoms with van der Waals surface area (Å²) in [6.45, 7) is 3.87. The van der Waals surface area contributed by atoms with E-state index in [1.807, 2.05) is 30.0 Å². The summed E-state index contributed by atoms with van der Waals surface area (Å²) in [5, 5.41) is 5.36. The van der Waals surface area contributed by atoms with Crippen LogP contribution in [0.3, 0.4) is 0 Å². The number of nitrogens with zero attached hydrogens (tertiary/aromatic N) is 4. The molecule has 1 saturated heterocycles. The summed E-state index contributed by atoms with van der Waals surface area (Å²) in [6, 6.07) is 11.1. The van der Waals surface area contributed by atoms with Crippen molar-refractivity contribution in [1.82, 2.24) is 19.7 Å². The molecule has 1 aliphatic rings. The molecule has 140 valence electrons. The second-order valence-electron chi connectivity index (χ2n) is 6.89. The summed E-state index contributed by atoms with van der Waals surface area (Å²) < 4.78 is 2.56. The smallest absolute Gasteiger partial charge is 0.274 e. The molecule has 3 heterocycles. The highest BCUT2D eigenvalue weighted by Crippen LogP contribution is 2.33. The molecule has 7 heteroatoms. The lowest BCUT2D eigenvalue weighted by molar-refractivity contribution is 0.0698. The number of thiazole rings is 1. The Hall–Kier alpha value is -2.54. The molecule has 1 unspecified atom stereocenters. The second-order valence-corrected chi connectivity index (χ2v) is 7.95. The van der Waals surface area contributed by atoms with Crippen molar-refractivity contribution >= 4 is 27.5 Å². The van der Waals surface area contributed by atoms with Gasteiger partial charge in [-0.05, 0) is 37.5 Å². The number of hydrogen-bond donors (Lipinski definition) is 0. The molecule has 0 N–H and O–H groups in total. The van der Waals surface area contributed by atoms with Gasteiger partial charge in [0.05, 0.1) is 15.2 Å². The fourth-order valence-electron chi connectivity index (χ4n) is 3.52. The largest absolute Gasteiger partial charge is 0.337 e. The number of para-hydroxylation sites is 1. The lowest BCUT2D eigenvalue weighted by Crippen LogP contribution is -2.40. The van der Waals surface area contributed by atoms with Crippen molar-refractivity contribution in [3.05, 3.63) is 57.5 Å². The van der Waals surface area contributed by atoms with Crippen LogP contribution in [0.4, 0.5) is 0 Å². The molecule has 0 bridgehead atoms. The monoisotopic (exact) mass is 382 g/mol. The SMILES string of the molecule is CCCn1nc(C(=O)N2CCCC(c3nc4ccccc4s3)C2)ccc1=O. The maximum Gasteiger partial charge on any atom is 0.274 e. The lowest BCUT2D eigenvalue weighted by Gasteiger charge is -2.31. The third-order valence-corrected chi connectivity index (χ3v) is 6.09. The summed E-state index contributed by atoms with van der Waals surface area (Å²) in [5.74, 6) is 0.146. The van der Waals surface area contributed by atoms with Crippen LogP contribution < -0.4 is 5.56 Å². The molecule has 6 nitrogen and oxygen atoms in total. The van der Waals surface area contributed by atoms with Crippen molar-refractivity contribution in [1.29, 1.82) is 0 Å². The van der Waals surface area contributed by atoms with Crippen LogP contribution in [0.25, 0.3) is 10.2 Å². The fraction of sp³-hybridized carbons (Fsp3) is 0.400. The Morgan fingerprint density at radius 3 is 2.93 bits per heavy atom. The van der Waals surface area contributed by atoms with Gasteiger partial charge in [-0.25, -0.2) is 9.67 Å². The van der Waals surface area contributed by atoms with E-state index in [1.165, 1.54) is 21.5 Å². The van der Waals surface area contributed by atoms with Crippen molar-refractivity contribution in [2.45, 2.75) is 38.6 Å². The summed E-state index contributed by atoms with van der Waals surface area (Å²) in [5.41, 5.74) is 1.20. The number of hydrogen-bond acceptors (Lipinski definition) is 5. The van der Waals surface area contributed by atoms with Crippen LogP contribution in [0.5, 0.6) is 0 Å². The highest BCUT2D eigenvalue weighted by molar-refractivity contribution is 7.18. The molecule has 2 aromatic heterocycles. The van der Waals surface area contributed by atoms with Gasteiger partial charge in [-0.1, -0.05) is 19.1 Å². The van der Waals surface area contributed by atoms with E-state index in [9.17, 15) is 9.59 Å². The zero-order chi connectivity index (χ0) is 18.8. The van der Waals surface area contributed by atoms with Crippen LogP contribution in [0, 0.1) is 0 Å². The number of carbonyl (C=O) groups excluding carboxylic acids is 1. The van der Waals surface area contributed by atoms with E-state index < -0.39 is 0 Å². The number of amides is 1. The molecule has 1 fully saturated rings. The molecule has 0 aliphatic carbocycles. The van der Waals surface area contributed by atoms with Gasteiger partial charge in [0.1, 0.15) is 5.69 Å². The zero-order valence-electron chi connectivity index (χ0n) is 15.3. The van der Waals surface area contributed by atoms with Crippen LogP contribution >= 0.6 is 11.3 Å². The molecule has 1 atom stereocenters. The quantitative estimate of drug-likeness (QED) is 0.694. The van der Waals surface area contributed by atoms with Crippen LogP contribution in [-0.2, 0) is 6.54 Å². The lowest BCUT2D eigenvalue weighted by atomic mass is 9.98. The Labute approximate surface area is 161 Å². The number of aryl methyl sites for hydroxylation is 1. The number of piperidine rings is 1. The van der Waals surface area contributed by atoms with E-state index in [2.05, 4.69) is 11.2 Å². The molecule has 1 aromatic carbocycles. The van der Waals surface area contributed by atoms with Gasteiger partial charge < -0.3 is 4.90 Å². The molecule has 0 radical (unpaired) electrons. The van der Waals surface area contributed by atoms with Gasteiger partial charge >= 0.3 is 0 Å². The van der Waals surface area contributed by atoms with Gasteiger partial charge in [0.15, 0.2) is 0 Å². The predicted octanol–water partition coefficient (Wildman–Crippen LogP) is 3.28. The minimum Gasteiger partial charge on any atom is -0.337 e. The van der Waals surface area contributed by atoms with Gasteiger partial charge in [-0.3, -0.25) is 9.59 Å². The Bertz CT molecular complexity index is 993. The van der Waals surface area contributed by atoms with Crippen molar-refractivity contribution in [3.63, 3.8) is 0 Å². The van der Waals surface area contributed by atoms with Crippen molar-refractivity contribution in [2.75, 3.05) is 13.1 Å². The number of aromatic nitrogens is 3. The van der Waals surface area contributed by atoms with Crippen LogP contribution in [0.15, 0.2) is 41.2 Å². The van der Waals surface area contributed by atoms with Gasteiger partial charge in [0.2, 0.25) is 0 Å².